The zero-order chi connectivity index (χ0) is 15.6. The fourth-order valence-corrected chi connectivity index (χ4v) is 2.85. The SMILES string of the molecule is CNC(=O)c1cc(Br)cn(Cc2cc(C)cc(C)c2)c1=O. The van der Waals surface area contributed by atoms with Crippen molar-refractivity contribution in [2.75, 3.05) is 7.05 Å². The normalized spacial score (nSPS) is 10.5. The van der Waals surface area contributed by atoms with Crippen LogP contribution in [0.1, 0.15) is 27.0 Å². The summed E-state index contributed by atoms with van der Waals surface area (Å²) in [5, 5.41) is 2.49. The first-order valence-electron chi connectivity index (χ1n) is 6.60. The van der Waals surface area contributed by atoms with Crippen LogP contribution in [0.25, 0.3) is 0 Å². The van der Waals surface area contributed by atoms with Gasteiger partial charge in [-0.2, -0.15) is 0 Å². The van der Waals surface area contributed by atoms with Crippen LogP contribution in [0, 0.1) is 13.8 Å². The van der Waals surface area contributed by atoms with E-state index in [4.69, 9.17) is 0 Å². The molecule has 110 valence electrons. The van der Waals surface area contributed by atoms with Gasteiger partial charge >= 0.3 is 0 Å². The smallest absolute Gasteiger partial charge is 0.263 e. The summed E-state index contributed by atoms with van der Waals surface area (Å²) in [6, 6.07) is 7.71. The lowest BCUT2D eigenvalue weighted by atomic mass is 10.1. The van der Waals surface area contributed by atoms with Gasteiger partial charge in [-0.1, -0.05) is 29.3 Å². The van der Waals surface area contributed by atoms with Gasteiger partial charge in [0.15, 0.2) is 0 Å². The van der Waals surface area contributed by atoms with E-state index < -0.39 is 0 Å². The van der Waals surface area contributed by atoms with Gasteiger partial charge in [-0.25, -0.2) is 0 Å². The highest BCUT2D eigenvalue weighted by Gasteiger charge is 2.12. The van der Waals surface area contributed by atoms with Crippen molar-refractivity contribution in [1.29, 1.82) is 0 Å². The number of rotatable bonds is 3. The lowest BCUT2D eigenvalue weighted by Gasteiger charge is -2.10. The molecule has 1 aromatic carbocycles. The van der Waals surface area contributed by atoms with E-state index >= 15 is 0 Å². The maximum Gasteiger partial charge on any atom is 0.263 e. The number of hydrogen-bond donors (Lipinski definition) is 1. The molecule has 1 N–H and O–H groups in total. The number of halogens is 1. The highest BCUT2D eigenvalue weighted by molar-refractivity contribution is 9.10. The van der Waals surface area contributed by atoms with Crippen molar-refractivity contribution in [1.82, 2.24) is 9.88 Å². The Morgan fingerprint density at radius 3 is 2.38 bits per heavy atom. The number of amides is 1. The van der Waals surface area contributed by atoms with Crippen LogP contribution in [0.4, 0.5) is 0 Å². The zero-order valence-electron chi connectivity index (χ0n) is 12.2. The summed E-state index contributed by atoms with van der Waals surface area (Å²) in [6.07, 6.45) is 1.70. The van der Waals surface area contributed by atoms with Crippen LogP contribution in [0.15, 0.2) is 39.7 Å². The summed E-state index contributed by atoms with van der Waals surface area (Å²) in [6.45, 7) is 4.48. The molecule has 1 aromatic heterocycles. The van der Waals surface area contributed by atoms with Crippen molar-refractivity contribution in [3.63, 3.8) is 0 Å². The molecule has 1 amide bonds. The minimum atomic E-state index is -0.379. The van der Waals surface area contributed by atoms with Gasteiger partial charge in [0.2, 0.25) is 0 Å². The van der Waals surface area contributed by atoms with E-state index in [9.17, 15) is 9.59 Å². The number of nitrogens with one attached hydrogen (secondary N) is 1. The number of carbonyl (C=O) groups excluding carboxylic acids is 1. The second-order valence-electron chi connectivity index (χ2n) is 5.08. The second-order valence-corrected chi connectivity index (χ2v) is 6.00. The standard InChI is InChI=1S/C16H17BrN2O2/c1-10-4-11(2)6-12(5-10)8-19-9-13(17)7-14(16(19)21)15(20)18-3/h4-7,9H,8H2,1-3H3,(H,18,20). The topological polar surface area (TPSA) is 51.1 Å². The van der Waals surface area contributed by atoms with E-state index in [-0.39, 0.29) is 17.0 Å². The molecule has 2 rings (SSSR count). The Morgan fingerprint density at radius 1 is 1.19 bits per heavy atom. The van der Waals surface area contributed by atoms with E-state index in [1.54, 1.807) is 16.8 Å². The van der Waals surface area contributed by atoms with Crippen LogP contribution in [0.3, 0.4) is 0 Å². The molecule has 0 radical (unpaired) electrons. The summed E-state index contributed by atoms with van der Waals surface area (Å²) in [7, 11) is 1.51. The molecular weight excluding hydrogens is 332 g/mol. The van der Waals surface area contributed by atoms with Crippen LogP contribution in [0.2, 0.25) is 0 Å². The molecule has 0 saturated carbocycles. The van der Waals surface area contributed by atoms with Gasteiger partial charge in [-0.3, -0.25) is 9.59 Å². The average Bonchev–Trinajstić information content (AvgIpc) is 2.40. The van der Waals surface area contributed by atoms with Crippen molar-refractivity contribution < 1.29 is 4.79 Å². The van der Waals surface area contributed by atoms with Gasteiger partial charge in [-0.15, -0.1) is 0 Å². The molecule has 0 aliphatic heterocycles. The molecule has 0 fully saturated rings. The third-order valence-corrected chi connectivity index (χ3v) is 3.59. The number of pyridine rings is 1. The highest BCUT2D eigenvalue weighted by atomic mass is 79.9. The first kappa shape index (κ1) is 15.5. The third kappa shape index (κ3) is 3.61. The fourth-order valence-electron chi connectivity index (χ4n) is 2.37. The molecule has 21 heavy (non-hydrogen) atoms. The molecule has 0 spiro atoms. The Hall–Kier alpha value is -1.88. The molecular formula is C16H17BrN2O2. The van der Waals surface area contributed by atoms with Crippen LogP contribution in [0.5, 0.6) is 0 Å². The van der Waals surface area contributed by atoms with Crippen LogP contribution in [-0.2, 0) is 6.54 Å². The molecule has 5 heteroatoms. The molecule has 0 aliphatic carbocycles. The maximum atomic E-state index is 12.4. The van der Waals surface area contributed by atoms with Gasteiger partial charge in [0.25, 0.3) is 11.5 Å². The highest BCUT2D eigenvalue weighted by Crippen LogP contribution is 2.13. The molecule has 4 nitrogen and oxygen atoms in total. The number of benzene rings is 1. The lowest BCUT2D eigenvalue weighted by molar-refractivity contribution is 0.0961. The molecule has 0 unspecified atom stereocenters. The second kappa shape index (κ2) is 6.26. The summed E-state index contributed by atoms with van der Waals surface area (Å²) in [5.74, 6) is -0.379. The maximum absolute atomic E-state index is 12.4. The first-order valence-corrected chi connectivity index (χ1v) is 7.39. The van der Waals surface area contributed by atoms with Gasteiger partial charge in [0.05, 0.1) is 6.54 Å². The Balaban J connectivity index is 2.47. The van der Waals surface area contributed by atoms with Gasteiger partial charge in [0, 0.05) is 17.7 Å². The number of carbonyl (C=O) groups is 1. The minimum Gasteiger partial charge on any atom is -0.355 e. The van der Waals surface area contributed by atoms with E-state index in [1.807, 2.05) is 26.0 Å². The van der Waals surface area contributed by atoms with E-state index in [1.165, 1.54) is 7.05 Å². The van der Waals surface area contributed by atoms with Crippen LogP contribution in [-0.4, -0.2) is 17.5 Å². The predicted molar refractivity (Wildman–Crippen MR) is 86.8 cm³/mol. The lowest BCUT2D eigenvalue weighted by Crippen LogP contribution is -2.31. The van der Waals surface area contributed by atoms with E-state index in [0.717, 1.165) is 16.7 Å². The summed E-state index contributed by atoms with van der Waals surface area (Å²) in [4.78, 5) is 24.1. The Kier molecular flexibility index (Phi) is 4.63. The predicted octanol–water partition coefficient (Wildman–Crippen LogP) is 2.64. The van der Waals surface area contributed by atoms with E-state index in [0.29, 0.717) is 11.0 Å². The largest absolute Gasteiger partial charge is 0.355 e. The monoisotopic (exact) mass is 348 g/mol. The molecule has 2 aromatic rings. The molecule has 0 saturated heterocycles. The average molecular weight is 349 g/mol. The van der Waals surface area contributed by atoms with Gasteiger partial charge in [0.1, 0.15) is 5.56 Å². The quantitative estimate of drug-likeness (QED) is 0.926. The Labute approximate surface area is 131 Å². The van der Waals surface area contributed by atoms with Crippen molar-refractivity contribution in [2.45, 2.75) is 20.4 Å². The third-order valence-electron chi connectivity index (χ3n) is 3.16. The molecule has 1 heterocycles. The van der Waals surface area contributed by atoms with Gasteiger partial charge in [-0.05, 0) is 41.4 Å². The van der Waals surface area contributed by atoms with Crippen LogP contribution >= 0.6 is 15.9 Å². The summed E-state index contributed by atoms with van der Waals surface area (Å²) < 4.78 is 2.24. The zero-order valence-corrected chi connectivity index (χ0v) is 13.8. The first-order chi connectivity index (χ1) is 9.90. The Morgan fingerprint density at radius 2 is 1.81 bits per heavy atom. The number of aryl methyl sites for hydroxylation is 2. The van der Waals surface area contributed by atoms with Crippen molar-refractivity contribution in [2.24, 2.45) is 0 Å². The molecule has 0 bridgehead atoms. The van der Waals surface area contributed by atoms with Crippen molar-refractivity contribution in [3.05, 3.63) is 67.5 Å². The molecule has 0 atom stereocenters. The van der Waals surface area contributed by atoms with Crippen LogP contribution < -0.4 is 10.9 Å². The van der Waals surface area contributed by atoms with Crippen molar-refractivity contribution in [3.8, 4) is 0 Å². The van der Waals surface area contributed by atoms with E-state index in [2.05, 4.69) is 27.3 Å². The number of hydrogen-bond acceptors (Lipinski definition) is 2. The summed E-state index contributed by atoms with van der Waals surface area (Å²) in [5.41, 5.74) is 3.18. The number of aromatic nitrogens is 1. The van der Waals surface area contributed by atoms with Crippen molar-refractivity contribution >= 4 is 21.8 Å². The minimum absolute atomic E-state index is 0.135. The Bertz CT molecular complexity index is 730. The molecule has 0 aliphatic rings. The fraction of sp³-hybridized carbons (Fsp3) is 0.250. The van der Waals surface area contributed by atoms with Gasteiger partial charge < -0.3 is 9.88 Å². The number of nitrogens with zero attached hydrogens (tertiary/aromatic N) is 1. The summed E-state index contributed by atoms with van der Waals surface area (Å²) >= 11 is 3.35.